The Morgan fingerprint density at radius 3 is 2.57 bits per heavy atom. The van der Waals surface area contributed by atoms with E-state index in [1.54, 1.807) is 18.2 Å². The summed E-state index contributed by atoms with van der Waals surface area (Å²) in [5, 5.41) is 10.7. The molecule has 0 bridgehead atoms. The summed E-state index contributed by atoms with van der Waals surface area (Å²) in [4.78, 5) is 10.3. The van der Waals surface area contributed by atoms with Crippen LogP contribution in [0.25, 0.3) is 6.08 Å². The smallest absolute Gasteiger partial charge is 0.258 e. The second-order valence-electron chi connectivity index (χ2n) is 2.58. The number of hydrogen-bond acceptors (Lipinski definition) is 2. The molecule has 14 heavy (non-hydrogen) atoms. The Hall–Kier alpha value is -0.680. The van der Waals surface area contributed by atoms with Crippen LogP contribution in [0, 0.1) is 10.1 Å². The fraction of sp³-hybridized carbons (Fsp3) is 0.111. The lowest BCUT2D eigenvalue weighted by Gasteiger charge is -2.04. The largest absolute Gasteiger partial charge is 0.275 e. The fourth-order valence-corrected chi connectivity index (χ4v) is 1.80. The van der Waals surface area contributed by atoms with E-state index in [9.17, 15) is 10.1 Å². The molecule has 0 spiro atoms. The first-order valence-electron chi connectivity index (χ1n) is 3.75. The van der Waals surface area contributed by atoms with Crippen molar-refractivity contribution in [2.24, 2.45) is 0 Å². The van der Waals surface area contributed by atoms with Crippen molar-refractivity contribution in [3.63, 3.8) is 0 Å². The number of rotatable bonds is 3. The average Bonchev–Trinajstić information content (AvgIpc) is 2.16. The SMILES string of the molecule is C=Cc1ccc(C(Br)Br)c([N+](=O)[O-])c1. The van der Waals surface area contributed by atoms with Gasteiger partial charge in [-0.25, -0.2) is 0 Å². The van der Waals surface area contributed by atoms with Gasteiger partial charge >= 0.3 is 0 Å². The molecule has 0 N–H and O–H groups in total. The normalized spacial score (nSPS) is 10.2. The lowest BCUT2D eigenvalue weighted by atomic mass is 10.1. The first-order valence-corrected chi connectivity index (χ1v) is 5.58. The van der Waals surface area contributed by atoms with Crippen LogP contribution < -0.4 is 0 Å². The van der Waals surface area contributed by atoms with E-state index >= 15 is 0 Å². The number of alkyl halides is 2. The number of hydrogen-bond donors (Lipinski definition) is 0. The van der Waals surface area contributed by atoms with Crippen molar-refractivity contribution < 1.29 is 4.92 Å². The van der Waals surface area contributed by atoms with Crippen LogP contribution in [0.4, 0.5) is 5.69 Å². The molecular weight excluding hydrogens is 314 g/mol. The lowest BCUT2D eigenvalue weighted by molar-refractivity contribution is -0.385. The summed E-state index contributed by atoms with van der Waals surface area (Å²) >= 11 is 6.47. The van der Waals surface area contributed by atoms with Gasteiger partial charge in [0.2, 0.25) is 0 Å². The molecule has 1 aromatic carbocycles. The zero-order valence-corrected chi connectivity index (χ0v) is 10.3. The van der Waals surface area contributed by atoms with E-state index in [1.807, 2.05) is 0 Å². The maximum absolute atomic E-state index is 10.7. The van der Waals surface area contributed by atoms with Crippen molar-refractivity contribution in [1.82, 2.24) is 0 Å². The third kappa shape index (κ3) is 2.42. The quantitative estimate of drug-likeness (QED) is 0.479. The summed E-state index contributed by atoms with van der Waals surface area (Å²) in [6, 6.07) is 4.98. The molecule has 0 fully saturated rings. The van der Waals surface area contributed by atoms with Gasteiger partial charge in [-0.3, -0.25) is 10.1 Å². The minimum Gasteiger partial charge on any atom is -0.258 e. The first-order chi connectivity index (χ1) is 6.56. The molecule has 1 aromatic rings. The van der Waals surface area contributed by atoms with Gasteiger partial charge in [-0.1, -0.05) is 50.6 Å². The van der Waals surface area contributed by atoms with E-state index in [1.165, 1.54) is 6.07 Å². The number of benzene rings is 1. The maximum atomic E-state index is 10.7. The Balaban J connectivity index is 3.31. The number of nitro groups is 1. The second kappa shape index (κ2) is 4.70. The third-order valence-electron chi connectivity index (χ3n) is 1.72. The lowest BCUT2D eigenvalue weighted by Crippen LogP contribution is -1.94. The topological polar surface area (TPSA) is 43.1 Å². The molecule has 0 radical (unpaired) electrons. The van der Waals surface area contributed by atoms with Crippen molar-refractivity contribution in [2.45, 2.75) is 3.74 Å². The highest BCUT2D eigenvalue weighted by atomic mass is 79.9. The van der Waals surface area contributed by atoms with Gasteiger partial charge in [-0.2, -0.15) is 0 Å². The average molecular weight is 321 g/mol. The van der Waals surface area contributed by atoms with E-state index in [4.69, 9.17) is 0 Å². The van der Waals surface area contributed by atoms with Crippen LogP contribution in [-0.4, -0.2) is 4.92 Å². The van der Waals surface area contributed by atoms with Crippen LogP contribution in [0.2, 0.25) is 0 Å². The molecule has 0 aromatic heterocycles. The van der Waals surface area contributed by atoms with E-state index in [0.717, 1.165) is 5.56 Å². The number of nitrogens with zero attached hydrogens (tertiary/aromatic N) is 1. The Labute approximate surface area is 98.2 Å². The zero-order chi connectivity index (χ0) is 10.7. The van der Waals surface area contributed by atoms with Crippen LogP contribution in [-0.2, 0) is 0 Å². The van der Waals surface area contributed by atoms with Crippen LogP contribution >= 0.6 is 31.9 Å². The van der Waals surface area contributed by atoms with Crippen LogP contribution in [0.15, 0.2) is 24.8 Å². The second-order valence-corrected chi connectivity index (χ2v) is 5.64. The van der Waals surface area contributed by atoms with Gasteiger partial charge in [-0.05, 0) is 11.6 Å². The Morgan fingerprint density at radius 1 is 1.50 bits per heavy atom. The van der Waals surface area contributed by atoms with Gasteiger partial charge in [0.1, 0.15) is 3.74 Å². The van der Waals surface area contributed by atoms with E-state index in [-0.39, 0.29) is 9.42 Å². The van der Waals surface area contributed by atoms with Crippen molar-refractivity contribution in [2.75, 3.05) is 0 Å². The minimum atomic E-state index is -0.405. The summed E-state index contributed by atoms with van der Waals surface area (Å²) in [6.07, 6.45) is 1.58. The molecule has 0 aliphatic rings. The Bertz CT molecular complexity index is 377. The minimum absolute atomic E-state index is 0.0844. The van der Waals surface area contributed by atoms with Crippen molar-refractivity contribution >= 4 is 43.6 Å². The molecule has 0 aliphatic heterocycles. The third-order valence-corrected chi connectivity index (χ3v) is 2.71. The summed E-state index contributed by atoms with van der Waals surface area (Å²) in [5.74, 6) is 0. The molecule has 0 amide bonds. The van der Waals surface area contributed by atoms with Crippen LogP contribution in [0.5, 0.6) is 0 Å². The van der Waals surface area contributed by atoms with Gasteiger partial charge in [0.15, 0.2) is 0 Å². The highest BCUT2D eigenvalue weighted by Gasteiger charge is 2.17. The first kappa shape index (κ1) is 11.4. The van der Waals surface area contributed by atoms with E-state index < -0.39 is 4.92 Å². The van der Waals surface area contributed by atoms with Gasteiger partial charge in [0.05, 0.1) is 10.5 Å². The highest BCUT2D eigenvalue weighted by molar-refractivity contribution is 9.24. The van der Waals surface area contributed by atoms with Gasteiger partial charge in [-0.15, -0.1) is 0 Å². The summed E-state index contributed by atoms with van der Waals surface area (Å²) < 4.78 is -0.214. The molecule has 0 atom stereocenters. The van der Waals surface area contributed by atoms with Crippen LogP contribution in [0.1, 0.15) is 14.9 Å². The van der Waals surface area contributed by atoms with Crippen molar-refractivity contribution in [3.8, 4) is 0 Å². The monoisotopic (exact) mass is 319 g/mol. The fourth-order valence-electron chi connectivity index (χ4n) is 1.03. The highest BCUT2D eigenvalue weighted by Crippen LogP contribution is 2.36. The number of halogens is 2. The standard InChI is InChI=1S/C9H7Br2NO2/c1-2-6-3-4-7(9(10)11)8(5-6)12(13)14/h2-5,9H,1H2. The van der Waals surface area contributed by atoms with Gasteiger partial charge in [0, 0.05) is 6.07 Å². The molecule has 3 nitrogen and oxygen atoms in total. The summed E-state index contributed by atoms with van der Waals surface area (Å²) in [7, 11) is 0. The molecule has 0 saturated carbocycles. The summed E-state index contributed by atoms with van der Waals surface area (Å²) in [5.41, 5.74) is 1.42. The Morgan fingerprint density at radius 2 is 2.14 bits per heavy atom. The molecule has 0 saturated heterocycles. The molecule has 0 aliphatic carbocycles. The number of nitro benzene ring substituents is 1. The van der Waals surface area contributed by atoms with Crippen molar-refractivity contribution in [3.05, 3.63) is 46.0 Å². The molecule has 1 rings (SSSR count). The van der Waals surface area contributed by atoms with Gasteiger partial charge < -0.3 is 0 Å². The molecule has 0 unspecified atom stereocenters. The van der Waals surface area contributed by atoms with Gasteiger partial charge in [0.25, 0.3) is 5.69 Å². The molecule has 0 heterocycles. The summed E-state index contributed by atoms with van der Waals surface area (Å²) in [6.45, 7) is 3.56. The van der Waals surface area contributed by atoms with E-state index in [2.05, 4.69) is 38.4 Å². The predicted octanol–water partition coefficient (Wildman–Crippen LogP) is 4.03. The predicted molar refractivity (Wildman–Crippen MR) is 63.8 cm³/mol. The van der Waals surface area contributed by atoms with E-state index in [0.29, 0.717) is 5.56 Å². The Kier molecular flexibility index (Phi) is 3.83. The molecule has 5 heteroatoms. The van der Waals surface area contributed by atoms with Crippen molar-refractivity contribution in [1.29, 1.82) is 0 Å². The molecule has 74 valence electrons. The van der Waals surface area contributed by atoms with Crippen LogP contribution in [0.3, 0.4) is 0 Å². The molecular formula is C9H7Br2NO2. The maximum Gasteiger partial charge on any atom is 0.275 e. The zero-order valence-electron chi connectivity index (χ0n) is 7.11.